The lowest BCUT2D eigenvalue weighted by Gasteiger charge is -2.34. The van der Waals surface area contributed by atoms with Gasteiger partial charge >= 0.3 is 0 Å². The molecule has 6 nitrogen and oxygen atoms in total. The molecule has 3 rings (SSSR count). The molecule has 1 amide bonds. The fourth-order valence-electron chi connectivity index (χ4n) is 3.16. The van der Waals surface area contributed by atoms with Gasteiger partial charge in [-0.3, -0.25) is 9.69 Å². The average Bonchev–Trinajstić information content (AvgIpc) is 2.73. The van der Waals surface area contributed by atoms with Crippen molar-refractivity contribution in [2.75, 3.05) is 32.7 Å². The first-order chi connectivity index (χ1) is 13.5. The third kappa shape index (κ3) is 4.86. The molecule has 0 aliphatic carbocycles. The Morgan fingerprint density at radius 3 is 2.25 bits per heavy atom. The van der Waals surface area contributed by atoms with E-state index in [1.54, 1.807) is 6.08 Å². The van der Waals surface area contributed by atoms with Crippen LogP contribution < -0.4 is 5.32 Å². The highest BCUT2D eigenvalue weighted by molar-refractivity contribution is 7.89. The van der Waals surface area contributed by atoms with Gasteiger partial charge in [-0.05, 0) is 29.8 Å². The van der Waals surface area contributed by atoms with E-state index in [1.165, 1.54) is 34.1 Å². The van der Waals surface area contributed by atoms with Gasteiger partial charge in [-0.2, -0.15) is 4.31 Å². The lowest BCUT2D eigenvalue weighted by atomic mass is 10.2. The Hall–Kier alpha value is -2.48. The molecule has 1 aliphatic rings. The van der Waals surface area contributed by atoms with E-state index in [1.807, 2.05) is 18.2 Å². The lowest BCUT2D eigenvalue weighted by molar-refractivity contribution is 0.0958. The first-order valence-electron chi connectivity index (χ1n) is 9.26. The maximum atomic E-state index is 12.9. The summed E-state index contributed by atoms with van der Waals surface area (Å²) in [6.45, 7) is 7.03. The monoisotopic (exact) mass is 399 g/mol. The second-order valence-corrected chi connectivity index (χ2v) is 8.63. The van der Waals surface area contributed by atoms with Gasteiger partial charge in [-0.25, -0.2) is 8.42 Å². The van der Waals surface area contributed by atoms with E-state index >= 15 is 0 Å². The summed E-state index contributed by atoms with van der Waals surface area (Å²) in [4.78, 5) is 14.4. The zero-order valence-corrected chi connectivity index (χ0v) is 16.6. The van der Waals surface area contributed by atoms with Gasteiger partial charge in [0.1, 0.15) is 0 Å². The van der Waals surface area contributed by atoms with Crippen LogP contribution in [0.15, 0.2) is 72.1 Å². The number of amides is 1. The molecule has 0 radical (unpaired) electrons. The molecule has 1 N–H and O–H groups in total. The molecule has 1 saturated heterocycles. The Balaban J connectivity index is 1.60. The predicted molar refractivity (Wildman–Crippen MR) is 109 cm³/mol. The number of rotatable bonds is 7. The maximum Gasteiger partial charge on any atom is 0.251 e. The van der Waals surface area contributed by atoms with Crippen LogP contribution in [0.4, 0.5) is 0 Å². The molecule has 0 atom stereocenters. The standard InChI is InChI=1S/C21H25N3O3S/c1-2-12-22-21(25)19-8-10-20(11-9-19)28(26,27)24-15-13-23(14-16-24)17-18-6-4-3-5-7-18/h2-11H,1,12-17H2,(H,22,25). The molecular formula is C21H25N3O3S. The lowest BCUT2D eigenvalue weighted by Crippen LogP contribution is -2.48. The molecule has 1 heterocycles. The van der Waals surface area contributed by atoms with Gasteiger partial charge in [0.25, 0.3) is 5.91 Å². The van der Waals surface area contributed by atoms with Crippen LogP contribution in [0.1, 0.15) is 15.9 Å². The summed E-state index contributed by atoms with van der Waals surface area (Å²) in [6, 6.07) is 16.2. The van der Waals surface area contributed by atoms with Crippen molar-refractivity contribution in [1.29, 1.82) is 0 Å². The van der Waals surface area contributed by atoms with Crippen molar-refractivity contribution in [2.24, 2.45) is 0 Å². The van der Waals surface area contributed by atoms with Crippen LogP contribution in [-0.4, -0.2) is 56.3 Å². The minimum Gasteiger partial charge on any atom is -0.349 e. The van der Waals surface area contributed by atoms with Crippen molar-refractivity contribution in [2.45, 2.75) is 11.4 Å². The van der Waals surface area contributed by atoms with Gasteiger partial charge in [0, 0.05) is 44.8 Å². The Labute approximate surface area is 166 Å². The first-order valence-corrected chi connectivity index (χ1v) is 10.7. The third-order valence-corrected chi connectivity index (χ3v) is 6.65. The number of nitrogens with zero attached hydrogens (tertiary/aromatic N) is 2. The predicted octanol–water partition coefficient (Wildman–Crippen LogP) is 2.11. The molecule has 0 saturated carbocycles. The molecule has 0 spiro atoms. The van der Waals surface area contributed by atoms with Crippen LogP contribution in [0, 0.1) is 0 Å². The number of carbonyl (C=O) groups is 1. The quantitative estimate of drug-likeness (QED) is 0.724. The molecule has 1 fully saturated rings. The Kier molecular flexibility index (Phi) is 6.61. The summed E-state index contributed by atoms with van der Waals surface area (Å²) in [7, 11) is -3.56. The Bertz CT molecular complexity index is 904. The molecule has 28 heavy (non-hydrogen) atoms. The van der Waals surface area contributed by atoms with E-state index in [0.29, 0.717) is 38.3 Å². The molecule has 0 bridgehead atoms. The summed E-state index contributed by atoms with van der Waals surface area (Å²) < 4.78 is 27.3. The Morgan fingerprint density at radius 1 is 1.00 bits per heavy atom. The Morgan fingerprint density at radius 2 is 1.64 bits per heavy atom. The number of hydrogen-bond acceptors (Lipinski definition) is 4. The summed E-state index contributed by atoms with van der Waals surface area (Å²) in [5.41, 5.74) is 1.65. The molecule has 0 aromatic heterocycles. The number of hydrogen-bond donors (Lipinski definition) is 1. The second kappa shape index (κ2) is 9.14. The average molecular weight is 400 g/mol. The fourth-order valence-corrected chi connectivity index (χ4v) is 4.59. The highest BCUT2D eigenvalue weighted by Gasteiger charge is 2.28. The SMILES string of the molecule is C=CCNC(=O)c1ccc(S(=O)(=O)N2CCN(Cc3ccccc3)CC2)cc1. The van der Waals surface area contributed by atoms with Crippen molar-refractivity contribution in [3.8, 4) is 0 Å². The topological polar surface area (TPSA) is 69.7 Å². The van der Waals surface area contributed by atoms with Gasteiger partial charge in [-0.1, -0.05) is 36.4 Å². The van der Waals surface area contributed by atoms with E-state index in [4.69, 9.17) is 0 Å². The van der Waals surface area contributed by atoms with Crippen molar-refractivity contribution >= 4 is 15.9 Å². The van der Waals surface area contributed by atoms with Crippen LogP contribution in [0.2, 0.25) is 0 Å². The van der Waals surface area contributed by atoms with Crippen LogP contribution in [0.5, 0.6) is 0 Å². The van der Waals surface area contributed by atoms with Crippen LogP contribution in [0.3, 0.4) is 0 Å². The zero-order valence-electron chi connectivity index (χ0n) is 15.8. The minimum absolute atomic E-state index is 0.212. The fraction of sp³-hybridized carbons (Fsp3) is 0.286. The van der Waals surface area contributed by atoms with E-state index in [9.17, 15) is 13.2 Å². The van der Waals surface area contributed by atoms with Crippen LogP contribution in [-0.2, 0) is 16.6 Å². The molecule has 7 heteroatoms. The highest BCUT2D eigenvalue weighted by Crippen LogP contribution is 2.19. The molecule has 0 unspecified atom stereocenters. The smallest absolute Gasteiger partial charge is 0.251 e. The normalized spacial score (nSPS) is 15.9. The van der Waals surface area contributed by atoms with Crippen molar-refractivity contribution in [3.05, 3.63) is 78.4 Å². The number of benzene rings is 2. The van der Waals surface area contributed by atoms with Gasteiger partial charge in [0.2, 0.25) is 10.0 Å². The van der Waals surface area contributed by atoms with Crippen LogP contribution >= 0.6 is 0 Å². The van der Waals surface area contributed by atoms with Crippen molar-refractivity contribution in [3.63, 3.8) is 0 Å². The molecule has 148 valence electrons. The third-order valence-electron chi connectivity index (χ3n) is 4.74. The summed E-state index contributed by atoms with van der Waals surface area (Å²) in [6.07, 6.45) is 1.59. The van der Waals surface area contributed by atoms with E-state index in [0.717, 1.165) is 6.54 Å². The van der Waals surface area contributed by atoms with Gasteiger partial charge in [-0.15, -0.1) is 6.58 Å². The number of carbonyl (C=O) groups excluding carboxylic acids is 1. The second-order valence-electron chi connectivity index (χ2n) is 6.69. The van der Waals surface area contributed by atoms with Crippen molar-refractivity contribution in [1.82, 2.24) is 14.5 Å². The van der Waals surface area contributed by atoms with E-state index < -0.39 is 10.0 Å². The first kappa shape index (κ1) is 20.3. The summed E-state index contributed by atoms with van der Waals surface area (Å²) >= 11 is 0. The van der Waals surface area contributed by atoms with Gasteiger partial charge < -0.3 is 5.32 Å². The van der Waals surface area contributed by atoms with Gasteiger partial charge in [0.15, 0.2) is 0 Å². The number of piperazine rings is 1. The zero-order chi connectivity index (χ0) is 20.0. The number of nitrogens with one attached hydrogen (secondary N) is 1. The van der Waals surface area contributed by atoms with Crippen LogP contribution in [0.25, 0.3) is 0 Å². The molecule has 1 aliphatic heterocycles. The highest BCUT2D eigenvalue weighted by atomic mass is 32.2. The molecule has 2 aromatic rings. The van der Waals surface area contributed by atoms with E-state index in [-0.39, 0.29) is 10.8 Å². The van der Waals surface area contributed by atoms with E-state index in [2.05, 4.69) is 28.9 Å². The largest absolute Gasteiger partial charge is 0.349 e. The molecular weight excluding hydrogens is 374 g/mol. The van der Waals surface area contributed by atoms with Crippen molar-refractivity contribution < 1.29 is 13.2 Å². The minimum atomic E-state index is -3.56. The maximum absolute atomic E-state index is 12.9. The summed E-state index contributed by atoms with van der Waals surface area (Å²) in [5, 5.41) is 2.67. The molecule has 2 aromatic carbocycles. The van der Waals surface area contributed by atoms with Gasteiger partial charge in [0.05, 0.1) is 4.90 Å². The number of sulfonamides is 1. The summed E-state index contributed by atoms with van der Waals surface area (Å²) in [5.74, 6) is -0.252.